The van der Waals surface area contributed by atoms with Crippen molar-refractivity contribution in [2.75, 3.05) is 0 Å². The summed E-state index contributed by atoms with van der Waals surface area (Å²) in [7, 11) is 0. The van der Waals surface area contributed by atoms with Crippen molar-refractivity contribution >= 4 is 0 Å². The summed E-state index contributed by atoms with van der Waals surface area (Å²) in [6.07, 6.45) is 3.45. The molecule has 1 saturated carbocycles. The highest BCUT2D eigenvalue weighted by Gasteiger charge is 2.37. The molecular weight excluding hydrogens is 218 g/mol. The minimum Gasteiger partial charge on any atom is -0.205 e. The van der Waals surface area contributed by atoms with Crippen LogP contribution in [0.2, 0.25) is 0 Å². The molecule has 1 aromatic carbocycles. The molecule has 0 bridgehead atoms. The quantitative estimate of drug-likeness (QED) is 0.680. The molecule has 0 atom stereocenters. The van der Waals surface area contributed by atoms with Crippen LogP contribution < -0.4 is 0 Å². The van der Waals surface area contributed by atoms with Crippen LogP contribution in [-0.4, -0.2) is 0 Å². The Labute approximate surface area is 102 Å². The number of rotatable bonds is 4. The minimum absolute atomic E-state index is 0.200. The van der Waals surface area contributed by atoms with E-state index in [9.17, 15) is 8.78 Å². The van der Waals surface area contributed by atoms with Crippen molar-refractivity contribution in [1.29, 1.82) is 0 Å². The lowest BCUT2D eigenvalue weighted by Gasteiger charge is -2.43. The zero-order valence-electron chi connectivity index (χ0n) is 10.6. The molecule has 0 radical (unpaired) electrons. The molecule has 0 N–H and O–H groups in total. The van der Waals surface area contributed by atoms with E-state index in [1.807, 2.05) is 6.07 Å². The Balaban J connectivity index is 2.35. The van der Waals surface area contributed by atoms with Gasteiger partial charge >= 0.3 is 0 Å². The van der Waals surface area contributed by atoms with Crippen molar-refractivity contribution in [2.24, 2.45) is 0 Å². The number of alkyl halides is 2. The van der Waals surface area contributed by atoms with Gasteiger partial charge in [0.1, 0.15) is 0 Å². The lowest BCUT2D eigenvalue weighted by atomic mass is 9.62. The van der Waals surface area contributed by atoms with Gasteiger partial charge in [0, 0.05) is 5.56 Å². The molecule has 0 aromatic heterocycles. The maximum atomic E-state index is 12.9. The molecule has 0 saturated heterocycles. The van der Waals surface area contributed by atoms with Crippen molar-refractivity contribution in [2.45, 2.75) is 57.8 Å². The number of hydrogen-bond donors (Lipinski definition) is 0. The Morgan fingerprint density at radius 1 is 1.29 bits per heavy atom. The van der Waals surface area contributed by atoms with Crippen LogP contribution in [0.5, 0.6) is 0 Å². The summed E-state index contributed by atoms with van der Waals surface area (Å²) >= 11 is 0. The van der Waals surface area contributed by atoms with E-state index in [4.69, 9.17) is 0 Å². The van der Waals surface area contributed by atoms with Crippen LogP contribution in [0.25, 0.3) is 0 Å². The van der Waals surface area contributed by atoms with Gasteiger partial charge in [0.15, 0.2) is 0 Å². The van der Waals surface area contributed by atoms with Crippen molar-refractivity contribution < 1.29 is 8.78 Å². The molecule has 2 rings (SSSR count). The molecule has 0 spiro atoms. The maximum absolute atomic E-state index is 12.9. The smallest absolute Gasteiger partial charge is 0.205 e. The number of hydrogen-bond acceptors (Lipinski definition) is 0. The first-order valence-corrected chi connectivity index (χ1v) is 6.48. The highest BCUT2D eigenvalue weighted by Crippen LogP contribution is 2.47. The molecule has 1 aromatic rings. The van der Waals surface area contributed by atoms with Crippen molar-refractivity contribution in [3.8, 4) is 0 Å². The van der Waals surface area contributed by atoms with E-state index >= 15 is 0 Å². The molecule has 0 amide bonds. The largest absolute Gasteiger partial charge is 0.264 e. The Kier molecular flexibility index (Phi) is 3.50. The standard InChI is InChI=1S/C15H20F2/c1-3-7-15(8-4-9-15)12-6-5-11(2)13(10-12)14(16)17/h5-6,10,14H,3-4,7-9H2,1-2H3. The Morgan fingerprint density at radius 2 is 2.00 bits per heavy atom. The zero-order valence-corrected chi connectivity index (χ0v) is 10.6. The normalized spacial score (nSPS) is 18.2. The fourth-order valence-electron chi connectivity index (χ4n) is 2.97. The Hall–Kier alpha value is -0.920. The summed E-state index contributed by atoms with van der Waals surface area (Å²) in [5.41, 5.74) is 2.25. The van der Waals surface area contributed by atoms with Crippen LogP contribution in [0.15, 0.2) is 18.2 Å². The van der Waals surface area contributed by atoms with Gasteiger partial charge < -0.3 is 0 Å². The molecule has 1 aliphatic rings. The third-order valence-corrected chi connectivity index (χ3v) is 4.17. The molecule has 0 unspecified atom stereocenters. The summed E-state index contributed by atoms with van der Waals surface area (Å²) < 4.78 is 25.8. The van der Waals surface area contributed by atoms with Gasteiger partial charge in [0.25, 0.3) is 6.43 Å². The van der Waals surface area contributed by atoms with Crippen molar-refractivity contribution in [3.05, 3.63) is 34.9 Å². The maximum Gasteiger partial charge on any atom is 0.264 e. The van der Waals surface area contributed by atoms with E-state index in [-0.39, 0.29) is 11.0 Å². The second-order valence-corrected chi connectivity index (χ2v) is 5.26. The van der Waals surface area contributed by atoms with Gasteiger partial charge in [-0.25, -0.2) is 8.78 Å². The highest BCUT2D eigenvalue weighted by molar-refractivity contribution is 5.37. The summed E-state index contributed by atoms with van der Waals surface area (Å²) in [5, 5.41) is 0. The predicted molar refractivity (Wildman–Crippen MR) is 66.6 cm³/mol. The van der Waals surface area contributed by atoms with Gasteiger partial charge in [-0.2, -0.15) is 0 Å². The van der Waals surface area contributed by atoms with Crippen LogP contribution in [0.3, 0.4) is 0 Å². The fourth-order valence-corrected chi connectivity index (χ4v) is 2.97. The molecule has 1 fully saturated rings. The van der Waals surface area contributed by atoms with Crippen LogP contribution in [0.4, 0.5) is 8.78 Å². The number of benzene rings is 1. The van der Waals surface area contributed by atoms with E-state index in [1.165, 1.54) is 6.42 Å². The molecule has 0 heterocycles. The fraction of sp³-hybridized carbons (Fsp3) is 0.600. The second-order valence-electron chi connectivity index (χ2n) is 5.26. The third-order valence-electron chi connectivity index (χ3n) is 4.17. The molecule has 2 heteroatoms. The summed E-state index contributed by atoms with van der Waals surface area (Å²) in [6.45, 7) is 3.93. The molecule has 0 aliphatic heterocycles. The SMILES string of the molecule is CCCC1(c2ccc(C)c(C(F)F)c2)CCC1. The van der Waals surface area contributed by atoms with Crippen LogP contribution in [0, 0.1) is 6.92 Å². The van der Waals surface area contributed by atoms with E-state index in [0.29, 0.717) is 5.56 Å². The van der Waals surface area contributed by atoms with E-state index in [1.54, 1.807) is 13.0 Å². The number of aryl methyl sites for hydroxylation is 1. The van der Waals surface area contributed by atoms with Gasteiger partial charge in [-0.1, -0.05) is 31.9 Å². The van der Waals surface area contributed by atoms with Gasteiger partial charge in [0.05, 0.1) is 0 Å². The van der Waals surface area contributed by atoms with Crippen molar-refractivity contribution in [1.82, 2.24) is 0 Å². The number of halogens is 2. The average Bonchev–Trinajstić information content (AvgIpc) is 2.24. The van der Waals surface area contributed by atoms with Crippen molar-refractivity contribution in [3.63, 3.8) is 0 Å². The van der Waals surface area contributed by atoms with Gasteiger partial charge in [-0.15, -0.1) is 0 Å². The first kappa shape index (κ1) is 12.5. The summed E-state index contributed by atoms with van der Waals surface area (Å²) in [6, 6.07) is 5.65. The van der Waals surface area contributed by atoms with Gasteiger partial charge in [-0.3, -0.25) is 0 Å². The third kappa shape index (κ3) is 2.22. The second kappa shape index (κ2) is 4.75. The minimum atomic E-state index is -2.35. The summed E-state index contributed by atoms with van der Waals surface area (Å²) in [4.78, 5) is 0. The first-order chi connectivity index (χ1) is 8.09. The average molecular weight is 238 g/mol. The molecule has 0 nitrogen and oxygen atoms in total. The zero-order chi connectivity index (χ0) is 12.5. The molecule has 17 heavy (non-hydrogen) atoms. The van der Waals surface area contributed by atoms with Gasteiger partial charge in [0.2, 0.25) is 0 Å². The lowest BCUT2D eigenvalue weighted by Crippen LogP contribution is -2.34. The van der Waals surface area contributed by atoms with Crippen LogP contribution >= 0.6 is 0 Å². The van der Waals surface area contributed by atoms with Crippen LogP contribution in [-0.2, 0) is 5.41 Å². The molecule has 1 aliphatic carbocycles. The first-order valence-electron chi connectivity index (χ1n) is 6.48. The Bertz CT molecular complexity index is 392. The molecular formula is C15H20F2. The van der Waals surface area contributed by atoms with Gasteiger partial charge in [-0.05, 0) is 48.8 Å². The van der Waals surface area contributed by atoms with E-state index in [2.05, 4.69) is 13.0 Å². The topological polar surface area (TPSA) is 0 Å². The van der Waals surface area contributed by atoms with E-state index < -0.39 is 6.43 Å². The molecule has 94 valence electrons. The van der Waals surface area contributed by atoms with Crippen LogP contribution in [0.1, 0.15) is 62.1 Å². The monoisotopic (exact) mass is 238 g/mol. The predicted octanol–water partition coefficient (Wildman–Crippen LogP) is 5.15. The Morgan fingerprint density at radius 3 is 2.47 bits per heavy atom. The highest BCUT2D eigenvalue weighted by atomic mass is 19.3. The summed E-state index contributed by atoms with van der Waals surface area (Å²) in [5.74, 6) is 0. The van der Waals surface area contributed by atoms with E-state index in [0.717, 1.165) is 31.2 Å². The lowest BCUT2D eigenvalue weighted by molar-refractivity contribution is 0.149.